The lowest BCUT2D eigenvalue weighted by molar-refractivity contribution is 0.270. The minimum absolute atomic E-state index is 0.105. The first-order valence-electron chi connectivity index (χ1n) is 8.49. The molecule has 0 bridgehead atoms. The molecule has 124 valence electrons. The Kier molecular flexibility index (Phi) is 2.95. The van der Waals surface area contributed by atoms with Crippen molar-refractivity contribution in [2.24, 2.45) is 0 Å². The number of allylic oxidation sites excluding steroid dienone is 3. The minimum atomic E-state index is 0.105. The molecule has 1 aliphatic heterocycles. The molecule has 1 unspecified atom stereocenters. The van der Waals surface area contributed by atoms with Crippen LogP contribution < -0.4 is 5.43 Å². The van der Waals surface area contributed by atoms with E-state index in [4.69, 9.17) is 0 Å². The number of benzene rings is 2. The number of nitrogens with one attached hydrogen (secondary N) is 1. The predicted octanol–water partition coefficient (Wildman–Crippen LogP) is 3.77. The molecule has 0 saturated carbocycles. The van der Waals surface area contributed by atoms with Gasteiger partial charge in [0.15, 0.2) is 0 Å². The van der Waals surface area contributed by atoms with E-state index in [1.54, 1.807) is 18.2 Å². The molecule has 0 amide bonds. The molecule has 0 aromatic heterocycles. The van der Waals surface area contributed by atoms with E-state index >= 15 is 0 Å². The highest BCUT2D eigenvalue weighted by molar-refractivity contribution is 5.76. The lowest BCUT2D eigenvalue weighted by Crippen LogP contribution is -2.34. The van der Waals surface area contributed by atoms with Crippen molar-refractivity contribution in [3.63, 3.8) is 0 Å². The Bertz CT molecular complexity index is 954. The number of phenols is 2. The number of phenolic OH excluding ortho intramolecular Hbond substituents is 2. The summed E-state index contributed by atoms with van der Waals surface area (Å²) < 4.78 is 0. The van der Waals surface area contributed by atoms with Crippen LogP contribution in [0.3, 0.4) is 0 Å². The lowest BCUT2D eigenvalue weighted by Gasteiger charge is -2.31. The van der Waals surface area contributed by atoms with Crippen LogP contribution in [0.2, 0.25) is 0 Å². The third-order valence-corrected chi connectivity index (χ3v) is 5.18. The predicted molar refractivity (Wildman–Crippen MR) is 96.4 cm³/mol. The van der Waals surface area contributed by atoms with Gasteiger partial charge in [-0.15, -0.1) is 0 Å². The van der Waals surface area contributed by atoms with E-state index in [1.165, 1.54) is 11.1 Å². The van der Waals surface area contributed by atoms with Crippen LogP contribution in [-0.2, 0) is 6.42 Å². The Morgan fingerprint density at radius 2 is 1.72 bits per heavy atom. The molecule has 0 radical (unpaired) electrons. The highest BCUT2D eigenvalue weighted by Gasteiger charge is 2.37. The van der Waals surface area contributed by atoms with Crippen LogP contribution in [0.5, 0.6) is 11.5 Å². The molecule has 1 atom stereocenters. The number of fused-ring (bicyclic) bond motifs is 2. The first-order chi connectivity index (χ1) is 12.2. The maximum atomic E-state index is 9.78. The van der Waals surface area contributed by atoms with Gasteiger partial charge in [0.2, 0.25) is 0 Å². The Balaban J connectivity index is 1.63. The molecule has 2 aromatic carbocycles. The number of hydrogen-bond donors (Lipinski definition) is 3. The molecule has 2 aliphatic carbocycles. The van der Waals surface area contributed by atoms with E-state index in [1.807, 2.05) is 30.3 Å². The quantitative estimate of drug-likeness (QED) is 0.784. The van der Waals surface area contributed by atoms with Crippen molar-refractivity contribution >= 4 is 5.70 Å². The van der Waals surface area contributed by atoms with E-state index in [-0.39, 0.29) is 11.8 Å². The number of rotatable bonds is 2. The fourth-order valence-electron chi connectivity index (χ4n) is 3.91. The lowest BCUT2D eigenvalue weighted by atomic mass is 9.85. The second kappa shape index (κ2) is 5.18. The summed E-state index contributed by atoms with van der Waals surface area (Å²) in [6.07, 6.45) is 8.08. The fraction of sp³-hybridized carbons (Fsp3) is 0.143. The summed E-state index contributed by atoms with van der Waals surface area (Å²) in [5, 5.41) is 21.6. The standard InChI is InChI=1S/C21H18N2O2/c24-16-7-4-13(5-8-16)21-19-10-6-14-12-17(25)9-11-18(14)20(19)22-23(21)15-2-1-3-15/h1-5,7-9,11-12,21-22,24-25H,6,10H2. The average molecular weight is 330 g/mol. The molecule has 3 aliphatic rings. The van der Waals surface area contributed by atoms with Gasteiger partial charge in [0.1, 0.15) is 11.5 Å². The van der Waals surface area contributed by atoms with Gasteiger partial charge in [-0.3, -0.25) is 10.4 Å². The SMILES string of the molecule is Oc1ccc(C2C3=C(NN2C2=CC=C2)c2ccc(O)cc2CC3)cc1. The third-order valence-electron chi connectivity index (χ3n) is 5.18. The summed E-state index contributed by atoms with van der Waals surface area (Å²) in [7, 11) is 0. The van der Waals surface area contributed by atoms with E-state index < -0.39 is 0 Å². The Hall–Kier alpha value is -3.14. The van der Waals surface area contributed by atoms with E-state index in [0.29, 0.717) is 5.75 Å². The number of nitrogens with zero attached hydrogens (tertiary/aromatic N) is 1. The van der Waals surface area contributed by atoms with Crippen molar-refractivity contribution in [2.75, 3.05) is 0 Å². The van der Waals surface area contributed by atoms with Crippen molar-refractivity contribution < 1.29 is 10.2 Å². The Morgan fingerprint density at radius 1 is 0.960 bits per heavy atom. The number of aromatic hydroxyl groups is 2. The molecule has 4 nitrogen and oxygen atoms in total. The molecule has 5 rings (SSSR count). The molecule has 4 heteroatoms. The van der Waals surface area contributed by atoms with Crippen LogP contribution in [0.15, 0.2) is 72.0 Å². The summed E-state index contributed by atoms with van der Waals surface area (Å²) in [6, 6.07) is 13.2. The number of hydrogen-bond acceptors (Lipinski definition) is 4. The summed E-state index contributed by atoms with van der Waals surface area (Å²) >= 11 is 0. The summed E-state index contributed by atoms with van der Waals surface area (Å²) in [6.45, 7) is 0. The van der Waals surface area contributed by atoms with Gasteiger partial charge in [-0.1, -0.05) is 18.2 Å². The van der Waals surface area contributed by atoms with Gasteiger partial charge in [0.25, 0.3) is 0 Å². The highest BCUT2D eigenvalue weighted by Crippen LogP contribution is 2.46. The number of hydrazine groups is 1. The van der Waals surface area contributed by atoms with Crippen LogP contribution in [0, 0.1) is 0 Å². The summed E-state index contributed by atoms with van der Waals surface area (Å²) in [5.41, 5.74) is 10.7. The zero-order valence-electron chi connectivity index (χ0n) is 13.6. The molecular weight excluding hydrogens is 312 g/mol. The van der Waals surface area contributed by atoms with Crippen LogP contribution in [-0.4, -0.2) is 15.2 Å². The largest absolute Gasteiger partial charge is 0.508 e. The zero-order valence-corrected chi connectivity index (χ0v) is 13.6. The summed E-state index contributed by atoms with van der Waals surface area (Å²) in [4.78, 5) is 0. The Morgan fingerprint density at radius 3 is 2.44 bits per heavy atom. The van der Waals surface area contributed by atoms with Crippen molar-refractivity contribution in [2.45, 2.75) is 18.9 Å². The minimum Gasteiger partial charge on any atom is -0.508 e. The Labute approximate surface area is 146 Å². The van der Waals surface area contributed by atoms with Gasteiger partial charge < -0.3 is 10.2 Å². The third kappa shape index (κ3) is 2.14. The van der Waals surface area contributed by atoms with E-state index in [2.05, 4.69) is 22.6 Å². The van der Waals surface area contributed by atoms with Crippen LogP contribution >= 0.6 is 0 Å². The van der Waals surface area contributed by atoms with E-state index in [9.17, 15) is 10.2 Å². The van der Waals surface area contributed by atoms with Gasteiger partial charge in [-0.05, 0) is 72.0 Å². The molecule has 2 aromatic rings. The molecule has 25 heavy (non-hydrogen) atoms. The molecule has 3 N–H and O–H groups in total. The topological polar surface area (TPSA) is 55.7 Å². The van der Waals surface area contributed by atoms with Crippen molar-refractivity contribution in [3.8, 4) is 11.5 Å². The van der Waals surface area contributed by atoms with Crippen LogP contribution in [0.4, 0.5) is 0 Å². The van der Waals surface area contributed by atoms with E-state index in [0.717, 1.165) is 35.4 Å². The van der Waals surface area contributed by atoms with Crippen molar-refractivity contribution in [1.82, 2.24) is 10.4 Å². The van der Waals surface area contributed by atoms with Gasteiger partial charge in [0.05, 0.1) is 17.4 Å². The monoisotopic (exact) mass is 330 g/mol. The summed E-state index contributed by atoms with van der Waals surface area (Å²) in [5.74, 6) is 0.597. The maximum absolute atomic E-state index is 9.78. The normalized spacial score (nSPS) is 20.6. The molecule has 1 heterocycles. The first-order valence-corrected chi connectivity index (χ1v) is 8.49. The zero-order chi connectivity index (χ0) is 17.0. The highest BCUT2D eigenvalue weighted by atomic mass is 16.3. The maximum Gasteiger partial charge on any atom is 0.115 e. The van der Waals surface area contributed by atoms with Gasteiger partial charge in [0, 0.05) is 5.56 Å². The smallest absolute Gasteiger partial charge is 0.115 e. The molecule has 0 fully saturated rings. The van der Waals surface area contributed by atoms with Gasteiger partial charge >= 0.3 is 0 Å². The van der Waals surface area contributed by atoms with Gasteiger partial charge in [-0.25, -0.2) is 0 Å². The first kappa shape index (κ1) is 14.2. The molecular formula is C21H18N2O2. The second-order valence-corrected chi connectivity index (χ2v) is 6.67. The average Bonchev–Trinajstić information content (AvgIpc) is 2.93. The fourth-order valence-corrected chi connectivity index (χ4v) is 3.91. The van der Waals surface area contributed by atoms with Crippen molar-refractivity contribution in [3.05, 3.63) is 88.7 Å². The molecule has 0 spiro atoms. The molecule has 0 saturated heterocycles. The van der Waals surface area contributed by atoms with Crippen molar-refractivity contribution in [1.29, 1.82) is 0 Å². The number of aryl methyl sites for hydroxylation is 1. The van der Waals surface area contributed by atoms with Crippen LogP contribution in [0.25, 0.3) is 5.70 Å². The van der Waals surface area contributed by atoms with Gasteiger partial charge in [-0.2, -0.15) is 0 Å². The van der Waals surface area contributed by atoms with Crippen LogP contribution in [0.1, 0.15) is 29.2 Å². The second-order valence-electron chi connectivity index (χ2n) is 6.67.